The number of carboxylic acid groups (broad SMARTS) is 1. The molecule has 2 aromatic carbocycles. The van der Waals surface area contributed by atoms with Gasteiger partial charge in [0.1, 0.15) is 19.0 Å². The normalized spacial score (nSPS) is 17.2. The van der Waals surface area contributed by atoms with Gasteiger partial charge in [0.25, 0.3) is 0 Å². The second-order valence-electron chi connectivity index (χ2n) is 8.85. The average Bonchev–Trinajstić information content (AvgIpc) is 3.43. The zero-order valence-corrected chi connectivity index (χ0v) is 19.1. The second kappa shape index (κ2) is 9.21. The quantitative estimate of drug-likeness (QED) is 0.560. The van der Waals surface area contributed by atoms with Crippen molar-refractivity contribution in [3.63, 3.8) is 0 Å². The molecule has 35 heavy (non-hydrogen) atoms. The van der Waals surface area contributed by atoms with Gasteiger partial charge in [-0.25, -0.2) is 9.59 Å². The minimum Gasteiger partial charge on any atom is -0.480 e. The summed E-state index contributed by atoms with van der Waals surface area (Å²) in [5.74, 6) is -1.03. The van der Waals surface area contributed by atoms with E-state index in [-0.39, 0.29) is 32.0 Å². The van der Waals surface area contributed by atoms with Crippen molar-refractivity contribution in [2.75, 3.05) is 6.61 Å². The van der Waals surface area contributed by atoms with Gasteiger partial charge in [0.05, 0.1) is 13.1 Å². The third kappa shape index (κ3) is 4.34. The zero-order valence-electron chi connectivity index (χ0n) is 19.1. The third-order valence-electron chi connectivity index (χ3n) is 6.55. The van der Waals surface area contributed by atoms with E-state index >= 15 is 0 Å². The number of carboxylic acids is 1. The minimum atomic E-state index is -1.10. The molecule has 0 radical (unpaired) electrons. The molecule has 10 nitrogen and oxygen atoms in total. The first-order chi connectivity index (χ1) is 16.9. The smallest absolute Gasteiger partial charge is 0.407 e. The number of aromatic nitrogens is 3. The van der Waals surface area contributed by atoms with Crippen LogP contribution in [0.5, 0.6) is 0 Å². The number of fused-ring (bicyclic) bond motifs is 4. The van der Waals surface area contributed by atoms with Gasteiger partial charge in [0, 0.05) is 18.4 Å². The molecule has 3 aromatic rings. The number of amides is 2. The molecule has 1 aromatic heterocycles. The highest BCUT2D eigenvalue weighted by molar-refractivity contribution is 5.84. The average molecular weight is 476 g/mol. The molecule has 0 bridgehead atoms. The number of nitrogens with one attached hydrogen (secondary N) is 1. The molecule has 0 saturated heterocycles. The number of aliphatic carboxylic acids is 1. The van der Waals surface area contributed by atoms with Gasteiger partial charge in [-0.3, -0.25) is 4.79 Å². The van der Waals surface area contributed by atoms with Gasteiger partial charge in [0.2, 0.25) is 5.91 Å². The molecule has 0 fully saturated rings. The van der Waals surface area contributed by atoms with Crippen molar-refractivity contribution in [3.05, 3.63) is 71.8 Å². The Bertz CT molecular complexity index is 1240. The molecule has 0 saturated carbocycles. The van der Waals surface area contributed by atoms with Crippen LogP contribution in [-0.2, 0) is 27.4 Å². The molecule has 1 aliphatic carbocycles. The molecule has 1 aliphatic heterocycles. The van der Waals surface area contributed by atoms with E-state index in [0.717, 1.165) is 22.3 Å². The van der Waals surface area contributed by atoms with Crippen LogP contribution in [0.25, 0.3) is 11.1 Å². The van der Waals surface area contributed by atoms with Gasteiger partial charge in [-0.05, 0) is 29.2 Å². The van der Waals surface area contributed by atoms with Crippen LogP contribution in [0.1, 0.15) is 36.2 Å². The number of hydrogen-bond donors (Lipinski definition) is 2. The summed E-state index contributed by atoms with van der Waals surface area (Å²) in [7, 11) is 0. The Kier molecular flexibility index (Phi) is 5.94. The maximum absolute atomic E-state index is 12.9. The summed E-state index contributed by atoms with van der Waals surface area (Å²) in [5, 5.41) is 20.0. The number of carbonyl (C=O) groups is 3. The summed E-state index contributed by atoms with van der Waals surface area (Å²) < 4.78 is 7.17. The summed E-state index contributed by atoms with van der Waals surface area (Å²) in [6.07, 6.45) is 0.761. The number of ether oxygens (including phenoxy) is 1. The summed E-state index contributed by atoms with van der Waals surface area (Å²) in [5.41, 5.74) is 4.51. The summed E-state index contributed by atoms with van der Waals surface area (Å²) >= 11 is 0. The Morgan fingerprint density at radius 1 is 1.11 bits per heavy atom. The Morgan fingerprint density at radius 3 is 2.43 bits per heavy atom. The van der Waals surface area contributed by atoms with Crippen LogP contribution < -0.4 is 5.32 Å². The van der Waals surface area contributed by atoms with E-state index in [2.05, 4.69) is 27.6 Å². The lowest BCUT2D eigenvalue weighted by Gasteiger charge is -2.33. The van der Waals surface area contributed by atoms with E-state index in [0.29, 0.717) is 5.82 Å². The van der Waals surface area contributed by atoms with Crippen LogP contribution in [0.15, 0.2) is 54.9 Å². The van der Waals surface area contributed by atoms with Gasteiger partial charge < -0.3 is 24.6 Å². The predicted octanol–water partition coefficient (Wildman–Crippen LogP) is 2.39. The Balaban J connectivity index is 1.18. The summed E-state index contributed by atoms with van der Waals surface area (Å²) in [6, 6.07) is 14.6. The Morgan fingerprint density at radius 2 is 1.77 bits per heavy atom. The molecule has 2 heterocycles. The van der Waals surface area contributed by atoms with E-state index in [9.17, 15) is 19.5 Å². The van der Waals surface area contributed by atoms with Crippen LogP contribution >= 0.6 is 0 Å². The molecule has 2 N–H and O–H groups in total. The Hall–Kier alpha value is -4.21. The molecular formula is C25H25N5O5. The molecule has 180 valence electrons. The van der Waals surface area contributed by atoms with E-state index in [4.69, 9.17) is 4.74 Å². The lowest BCUT2D eigenvalue weighted by Crippen LogP contribution is -2.51. The number of hydrogen-bond acceptors (Lipinski definition) is 6. The largest absolute Gasteiger partial charge is 0.480 e. The fourth-order valence-electron chi connectivity index (χ4n) is 4.85. The van der Waals surface area contributed by atoms with Crippen molar-refractivity contribution in [1.82, 2.24) is 25.0 Å². The SMILES string of the molecule is C[C@@H](CC(=O)N1Cc2nncn2CC1C(=O)O)NC(=O)OCC1c2ccccc2-c2ccccc21. The van der Waals surface area contributed by atoms with E-state index < -0.39 is 30.1 Å². The van der Waals surface area contributed by atoms with Crippen molar-refractivity contribution in [1.29, 1.82) is 0 Å². The minimum absolute atomic E-state index is 0.0491. The molecule has 2 aliphatic rings. The first-order valence-electron chi connectivity index (χ1n) is 11.4. The standard InChI is InChI=1S/C25H25N5O5/c1-15(10-23(31)30-12-22-28-26-14-29(22)11-21(30)24(32)33)27-25(34)35-13-20-18-8-4-2-6-16(18)17-7-3-5-9-19(17)20/h2-9,14-15,20-21H,10-13H2,1H3,(H,27,34)(H,32,33)/t15-,21?/m0/s1. The lowest BCUT2D eigenvalue weighted by atomic mass is 9.98. The van der Waals surface area contributed by atoms with Crippen LogP contribution in [0.3, 0.4) is 0 Å². The van der Waals surface area contributed by atoms with Crippen molar-refractivity contribution in [3.8, 4) is 11.1 Å². The van der Waals surface area contributed by atoms with Gasteiger partial charge in [-0.2, -0.15) is 0 Å². The predicted molar refractivity (Wildman–Crippen MR) is 124 cm³/mol. The fraction of sp³-hybridized carbons (Fsp3) is 0.320. The first-order valence-corrected chi connectivity index (χ1v) is 11.4. The number of carbonyl (C=O) groups excluding carboxylic acids is 2. The third-order valence-corrected chi connectivity index (χ3v) is 6.55. The van der Waals surface area contributed by atoms with Gasteiger partial charge in [0.15, 0.2) is 5.82 Å². The highest BCUT2D eigenvalue weighted by Gasteiger charge is 2.36. The number of benzene rings is 2. The highest BCUT2D eigenvalue weighted by atomic mass is 16.5. The number of rotatable bonds is 6. The van der Waals surface area contributed by atoms with Crippen molar-refractivity contribution >= 4 is 18.0 Å². The van der Waals surface area contributed by atoms with E-state index in [1.165, 1.54) is 11.2 Å². The monoisotopic (exact) mass is 475 g/mol. The highest BCUT2D eigenvalue weighted by Crippen LogP contribution is 2.44. The fourth-order valence-corrected chi connectivity index (χ4v) is 4.85. The molecular weight excluding hydrogens is 450 g/mol. The molecule has 5 rings (SSSR count). The van der Waals surface area contributed by atoms with Gasteiger partial charge >= 0.3 is 12.1 Å². The van der Waals surface area contributed by atoms with E-state index in [1.807, 2.05) is 36.4 Å². The van der Waals surface area contributed by atoms with Crippen LogP contribution in [-0.4, -0.2) is 61.4 Å². The zero-order chi connectivity index (χ0) is 24.5. The molecule has 10 heteroatoms. The molecule has 1 unspecified atom stereocenters. The maximum Gasteiger partial charge on any atom is 0.407 e. The number of alkyl carbamates (subject to hydrolysis) is 1. The number of nitrogens with zero attached hydrogens (tertiary/aromatic N) is 4. The molecule has 2 amide bonds. The van der Waals surface area contributed by atoms with Crippen molar-refractivity contribution in [2.45, 2.75) is 44.4 Å². The van der Waals surface area contributed by atoms with Crippen LogP contribution in [0.2, 0.25) is 0 Å². The summed E-state index contributed by atoms with van der Waals surface area (Å²) in [4.78, 5) is 38.4. The first kappa shape index (κ1) is 22.6. The van der Waals surface area contributed by atoms with Crippen molar-refractivity contribution in [2.24, 2.45) is 0 Å². The topological polar surface area (TPSA) is 127 Å². The van der Waals surface area contributed by atoms with Gasteiger partial charge in [-0.1, -0.05) is 48.5 Å². The molecule has 2 atom stereocenters. The lowest BCUT2D eigenvalue weighted by molar-refractivity contribution is -0.153. The van der Waals surface area contributed by atoms with Gasteiger partial charge in [-0.15, -0.1) is 10.2 Å². The maximum atomic E-state index is 12.9. The van der Waals surface area contributed by atoms with Crippen molar-refractivity contribution < 1.29 is 24.2 Å². The second-order valence-corrected chi connectivity index (χ2v) is 8.85. The van der Waals surface area contributed by atoms with Crippen LogP contribution in [0, 0.1) is 0 Å². The Labute approximate surface area is 201 Å². The van der Waals surface area contributed by atoms with E-state index in [1.54, 1.807) is 11.5 Å². The summed E-state index contributed by atoms with van der Waals surface area (Å²) in [6.45, 7) is 1.98. The molecule has 0 spiro atoms. The van der Waals surface area contributed by atoms with Crippen LogP contribution in [0.4, 0.5) is 4.79 Å².